The van der Waals surface area contributed by atoms with Crippen molar-refractivity contribution in [2.45, 2.75) is 26.7 Å². The van der Waals surface area contributed by atoms with Gasteiger partial charge < -0.3 is 15.4 Å². The molecule has 24 heavy (non-hydrogen) atoms. The fourth-order valence-corrected chi connectivity index (χ4v) is 2.05. The van der Waals surface area contributed by atoms with E-state index in [1.165, 1.54) is 0 Å². The first-order valence-corrected chi connectivity index (χ1v) is 8.06. The van der Waals surface area contributed by atoms with Gasteiger partial charge in [-0.2, -0.15) is 0 Å². The minimum absolute atomic E-state index is 0.0684. The van der Waals surface area contributed by atoms with Gasteiger partial charge in [0.1, 0.15) is 5.75 Å². The van der Waals surface area contributed by atoms with Gasteiger partial charge in [0.2, 0.25) is 5.91 Å². The van der Waals surface area contributed by atoms with E-state index >= 15 is 0 Å². The number of rotatable bonds is 7. The maximum atomic E-state index is 12.3. The molecule has 0 fully saturated rings. The minimum Gasteiger partial charge on any atom is -0.494 e. The molecule has 0 heterocycles. The number of carbonyl (C=O) groups is 2. The van der Waals surface area contributed by atoms with Crippen LogP contribution in [0.15, 0.2) is 48.5 Å². The molecule has 126 valence electrons. The van der Waals surface area contributed by atoms with Gasteiger partial charge in [0.05, 0.1) is 6.61 Å². The first kappa shape index (κ1) is 17.5. The molecule has 5 heteroatoms. The number of anilines is 2. The van der Waals surface area contributed by atoms with Crippen molar-refractivity contribution in [1.29, 1.82) is 0 Å². The summed E-state index contributed by atoms with van der Waals surface area (Å²) in [6.45, 7) is 4.48. The quantitative estimate of drug-likeness (QED) is 0.806. The fourth-order valence-electron chi connectivity index (χ4n) is 2.05. The molecule has 2 amide bonds. The van der Waals surface area contributed by atoms with E-state index in [0.717, 1.165) is 12.2 Å². The van der Waals surface area contributed by atoms with Gasteiger partial charge >= 0.3 is 0 Å². The lowest BCUT2D eigenvalue weighted by molar-refractivity contribution is -0.115. The molecule has 0 saturated carbocycles. The Bertz CT molecular complexity index is 696. The van der Waals surface area contributed by atoms with Crippen molar-refractivity contribution in [3.05, 3.63) is 54.1 Å². The molecule has 0 aromatic heterocycles. The van der Waals surface area contributed by atoms with Gasteiger partial charge in [-0.15, -0.1) is 0 Å². The predicted molar refractivity (Wildman–Crippen MR) is 95.5 cm³/mol. The summed E-state index contributed by atoms with van der Waals surface area (Å²) < 4.78 is 5.50. The maximum Gasteiger partial charge on any atom is 0.255 e. The predicted octanol–water partition coefficient (Wildman–Crippen LogP) is 4.08. The smallest absolute Gasteiger partial charge is 0.255 e. The number of benzene rings is 2. The van der Waals surface area contributed by atoms with Crippen molar-refractivity contribution in [3.8, 4) is 5.75 Å². The summed E-state index contributed by atoms with van der Waals surface area (Å²) in [6, 6.07) is 14.1. The Hall–Kier alpha value is -2.82. The van der Waals surface area contributed by atoms with E-state index < -0.39 is 0 Å². The van der Waals surface area contributed by atoms with E-state index in [2.05, 4.69) is 10.6 Å². The van der Waals surface area contributed by atoms with Crippen LogP contribution in [0.3, 0.4) is 0 Å². The Morgan fingerprint density at radius 3 is 2.25 bits per heavy atom. The Balaban J connectivity index is 2.01. The highest BCUT2D eigenvalue weighted by Crippen LogP contribution is 2.18. The SMILES string of the molecule is CCCOc1ccc(C(=O)Nc2cccc(NC(=O)CC)c2)cc1. The lowest BCUT2D eigenvalue weighted by atomic mass is 10.2. The van der Waals surface area contributed by atoms with Crippen LogP contribution in [0, 0.1) is 0 Å². The van der Waals surface area contributed by atoms with E-state index in [1.807, 2.05) is 6.92 Å². The van der Waals surface area contributed by atoms with Crippen molar-refractivity contribution < 1.29 is 14.3 Å². The zero-order valence-corrected chi connectivity index (χ0v) is 14.0. The van der Waals surface area contributed by atoms with Crippen LogP contribution in [0.1, 0.15) is 37.0 Å². The molecule has 5 nitrogen and oxygen atoms in total. The molecule has 2 N–H and O–H groups in total. The van der Waals surface area contributed by atoms with E-state index in [9.17, 15) is 9.59 Å². The van der Waals surface area contributed by atoms with Crippen LogP contribution in [0.5, 0.6) is 5.75 Å². The summed E-state index contributed by atoms with van der Waals surface area (Å²) in [6.07, 6.45) is 1.34. The summed E-state index contributed by atoms with van der Waals surface area (Å²) in [5.41, 5.74) is 1.82. The van der Waals surface area contributed by atoms with Gasteiger partial charge in [-0.05, 0) is 48.9 Å². The molecule has 0 aliphatic carbocycles. The largest absolute Gasteiger partial charge is 0.494 e. The molecule has 0 atom stereocenters. The van der Waals surface area contributed by atoms with Crippen molar-refractivity contribution in [2.24, 2.45) is 0 Å². The standard InChI is InChI=1S/C19H22N2O3/c1-3-12-24-17-10-8-14(9-11-17)19(23)21-16-7-5-6-15(13-16)20-18(22)4-2/h5-11,13H,3-4,12H2,1-2H3,(H,20,22)(H,21,23). The van der Waals surface area contributed by atoms with Crippen molar-refractivity contribution in [2.75, 3.05) is 17.2 Å². The summed E-state index contributed by atoms with van der Waals surface area (Å²) in [7, 11) is 0. The van der Waals surface area contributed by atoms with Crippen molar-refractivity contribution in [1.82, 2.24) is 0 Å². The van der Waals surface area contributed by atoms with Gasteiger partial charge in [-0.1, -0.05) is 19.9 Å². The molecule has 0 unspecified atom stereocenters. The van der Waals surface area contributed by atoms with Crippen LogP contribution >= 0.6 is 0 Å². The van der Waals surface area contributed by atoms with Gasteiger partial charge in [0, 0.05) is 23.4 Å². The second-order valence-electron chi connectivity index (χ2n) is 5.31. The van der Waals surface area contributed by atoms with Gasteiger partial charge in [0.15, 0.2) is 0 Å². The lowest BCUT2D eigenvalue weighted by Gasteiger charge is -2.09. The zero-order chi connectivity index (χ0) is 17.4. The third-order valence-electron chi connectivity index (χ3n) is 3.31. The molecule has 0 radical (unpaired) electrons. The molecule has 2 aromatic rings. The van der Waals surface area contributed by atoms with Crippen molar-refractivity contribution >= 4 is 23.2 Å². The summed E-state index contributed by atoms with van der Waals surface area (Å²) >= 11 is 0. The normalized spacial score (nSPS) is 10.1. The third-order valence-corrected chi connectivity index (χ3v) is 3.31. The van der Waals surface area contributed by atoms with Crippen LogP contribution in [-0.4, -0.2) is 18.4 Å². The number of carbonyl (C=O) groups excluding carboxylic acids is 2. The summed E-state index contributed by atoms with van der Waals surface area (Å²) in [5, 5.41) is 5.59. The molecule has 0 bridgehead atoms. The average molecular weight is 326 g/mol. The van der Waals surface area contributed by atoms with Crippen LogP contribution in [-0.2, 0) is 4.79 Å². The van der Waals surface area contributed by atoms with E-state index in [0.29, 0.717) is 30.0 Å². The molecule has 2 aromatic carbocycles. The maximum absolute atomic E-state index is 12.3. The number of amides is 2. The number of ether oxygens (including phenoxy) is 1. The van der Waals surface area contributed by atoms with Crippen LogP contribution < -0.4 is 15.4 Å². The first-order chi connectivity index (χ1) is 11.6. The lowest BCUT2D eigenvalue weighted by Crippen LogP contribution is -2.13. The molecule has 0 aliphatic rings. The Labute approximate surface area is 142 Å². The van der Waals surface area contributed by atoms with Crippen LogP contribution in [0.25, 0.3) is 0 Å². The van der Waals surface area contributed by atoms with E-state index in [4.69, 9.17) is 4.74 Å². The molecular formula is C19H22N2O3. The van der Waals surface area contributed by atoms with Gasteiger partial charge in [0.25, 0.3) is 5.91 Å². The Morgan fingerprint density at radius 2 is 1.62 bits per heavy atom. The van der Waals surface area contributed by atoms with Crippen molar-refractivity contribution in [3.63, 3.8) is 0 Å². The Kier molecular flexibility index (Phi) is 6.37. The third kappa shape index (κ3) is 5.12. The minimum atomic E-state index is -0.212. The summed E-state index contributed by atoms with van der Waals surface area (Å²) in [5.74, 6) is 0.467. The Morgan fingerprint density at radius 1 is 0.958 bits per heavy atom. The number of hydrogen-bond acceptors (Lipinski definition) is 3. The highest BCUT2D eigenvalue weighted by atomic mass is 16.5. The number of hydrogen-bond donors (Lipinski definition) is 2. The molecule has 0 saturated heterocycles. The van der Waals surface area contributed by atoms with Gasteiger partial charge in [-0.25, -0.2) is 0 Å². The summed E-state index contributed by atoms with van der Waals surface area (Å²) in [4.78, 5) is 23.7. The highest BCUT2D eigenvalue weighted by molar-refractivity contribution is 6.04. The molecule has 2 rings (SSSR count). The molecular weight excluding hydrogens is 304 g/mol. The highest BCUT2D eigenvalue weighted by Gasteiger charge is 2.07. The van der Waals surface area contributed by atoms with Crippen LogP contribution in [0.2, 0.25) is 0 Å². The molecule has 0 spiro atoms. The zero-order valence-electron chi connectivity index (χ0n) is 14.0. The van der Waals surface area contributed by atoms with E-state index in [-0.39, 0.29) is 11.8 Å². The first-order valence-electron chi connectivity index (χ1n) is 8.06. The van der Waals surface area contributed by atoms with E-state index in [1.54, 1.807) is 55.5 Å². The monoisotopic (exact) mass is 326 g/mol. The van der Waals surface area contributed by atoms with Gasteiger partial charge in [-0.3, -0.25) is 9.59 Å². The molecule has 0 aliphatic heterocycles. The second-order valence-corrected chi connectivity index (χ2v) is 5.31. The van der Waals surface area contributed by atoms with Crippen LogP contribution in [0.4, 0.5) is 11.4 Å². The topological polar surface area (TPSA) is 67.4 Å². The fraction of sp³-hybridized carbons (Fsp3) is 0.263. The second kappa shape index (κ2) is 8.72. The average Bonchev–Trinajstić information content (AvgIpc) is 2.60. The number of nitrogens with one attached hydrogen (secondary N) is 2.